The highest BCUT2D eigenvalue weighted by Gasteiger charge is 2.08. The Morgan fingerprint density at radius 2 is 2.57 bits per heavy atom. The summed E-state index contributed by atoms with van der Waals surface area (Å²) in [6.07, 6.45) is 0.961. The first-order chi connectivity index (χ1) is 3.29. The molecule has 0 aromatic heterocycles. The molecule has 0 unspecified atom stereocenters. The number of carbonyl (C=O) groups excluding carboxylic acids is 1. The number of aliphatic imine (C=N–C) groups is 1. The van der Waals surface area contributed by atoms with Crippen molar-refractivity contribution in [2.75, 3.05) is 0 Å². The lowest BCUT2D eigenvalue weighted by Crippen LogP contribution is -1.98. The fourth-order valence-corrected chi connectivity index (χ4v) is 0.259. The highest BCUT2D eigenvalue weighted by molar-refractivity contribution is 6.31. The maximum atomic E-state index is 9.94. The molecule has 1 aliphatic heterocycles. The van der Waals surface area contributed by atoms with E-state index in [9.17, 15) is 4.79 Å². The van der Waals surface area contributed by atoms with Crippen LogP contribution >= 0.6 is 0 Å². The van der Waals surface area contributed by atoms with Gasteiger partial charge in [-0.1, -0.05) is 0 Å². The Morgan fingerprint density at radius 3 is 2.71 bits per heavy atom. The first-order valence-electron chi connectivity index (χ1n) is 1.63. The van der Waals surface area contributed by atoms with Crippen LogP contribution in [0.25, 0.3) is 0 Å². The number of nitrogens with zero attached hydrogens (tertiary/aromatic N) is 1. The van der Waals surface area contributed by atoms with Crippen molar-refractivity contribution in [1.29, 1.82) is 5.41 Å². The molecule has 1 N–H and O–H groups in total. The van der Waals surface area contributed by atoms with Gasteiger partial charge in [-0.15, -0.1) is 0 Å². The van der Waals surface area contributed by atoms with Gasteiger partial charge in [0.25, 0.3) is 0 Å². The van der Waals surface area contributed by atoms with Crippen LogP contribution in [0.1, 0.15) is 0 Å². The Hall–Kier alpha value is -1.19. The number of nitrogens with one attached hydrogen (secondary N) is 1. The second-order valence-corrected chi connectivity index (χ2v) is 0.984. The summed E-state index contributed by atoms with van der Waals surface area (Å²) in [5.74, 6) is -0.565. The van der Waals surface area contributed by atoms with Crippen molar-refractivity contribution in [2.45, 2.75) is 0 Å². The number of carbonyl (C=O) groups is 1. The SMILES string of the molecule is N=C1N=CC(=O)O1. The van der Waals surface area contributed by atoms with Crippen molar-refractivity contribution in [3.05, 3.63) is 0 Å². The van der Waals surface area contributed by atoms with Crippen molar-refractivity contribution < 1.29 is 9.53 Å². The Bertz CT molecular complexity index is 133. The van der Waals surface area contributed by atoms with E-state index >= 15 is 0 Å². The number of ether oxygens (including phenoxy) is 1. The predicted octanol–water partition coefficient (Wildman–Crippen LogP) is -0.451. The van der Waals surface area contributed by atoms with Crippen LogP contribution in [0.3, 0.4) is 0 Å². The van der Waals surface area contributed by atoms with Crippen molar-refractivity contribution in [3.8, 4) is 0 Å². The lowest BCUT2D eigenvalue weighted by atomic mass is 10.8. The summed E-state index contributed by atoms with van der Waals surface area (Å²) in [6.45, 7) is 0. The fraction of sp³-hybridized carbons (Fsp3) is 0. The molecule has 0 aromatic rings. The summed E-state index contributed by atoms with van der Waals surface area (Å²) in [5.41, 5.74) is 0. The van der Waals surface area contributed by atoms with Gasteiger partial charge in [0.15, 0.2) is 0 Å². The molecule has 0 saturated carbocycles. The van der Waals surface area contributed by atoms with Crippen LogP contribution < -0.4 is 0 Å². The number of hydrogen-bond acceptors (Lipinski definition) is 3. The van der Waals surface area contributed by atoms with Crippen LogP contribution in [0.4, 0.5) is 0 Å². The molecule has 1 rings (SSSR count). The molecule has 1 aliphatic rings. The number of cyclic esters (lactones) is 1. The van der Waals surface area contributed by atoms with Gasteiger partial charge in [-0.25, -0.2) is 10.2 Å². The normalized spacial score (nSPS) is 17.7. The van der Waals surface area contributed by atoms with Gasteiger partial charge in [0.2, 0.25) is 0 Å². The monoisotopic (exact) mass is 98.0 g/mol. The Balaban J connectivity index is 2.76. The van der Waals surface area contributed by atoms with Crippen molar-refractivity contribution in [1.82, 2.24) is 0 Å². The van der Waals surface area contributed by atoms with Crippen LogP contribution in [0.15, 0.2) is 4.99 Å². The van der Waals surface area contributed by atoms with Crippen molar-refractivity contribution in [2.24, 2.45) is 4.99 Å². The maximum Gasteiger partial charge on any atom is 0.357 e. The smallest absolute Gasteiger partial charge is 0.357 e. The van der Waals surface area contributed by atoms with Gasteiger partial charge in [-0.3, -0.25) is 0 Å². The zero-order valence-corrected chi connectivity index (χ0v) is 3.34. The van der Waals surface area contributed by atoms with E-state index in [1.807, 2.05) is 0 Å². The number of amidine groups is 1. The third kappa shape index (κ3) is 0.623. The van der Waals surface area contributed by atoms with E-state index in [1.54, 1.807) is 0 Å². The molecule has 0 amide bonds. The minimum atomic E-state index is -0.565. The fourth-order valence-electron chi connectivity index (χ4n) is 0.259. The van der Waals surface area contributed by atoms with Gasteiger partial charge in [-0.05, 0) is 0 Å². The van der Waals surface area contributed by atoms with Crippen LogP contribution in [0, 0.1) is 5.41 Å². The van der Waals surface area contributed by atoms with E-state index in [0.29, 0.717) is 0 Å². The molecule has 36 valence electrons. The summed E-state index contributed by atoms with van der Waals surface area (Å²) >= 11 is 0. The standard InChI is InChI=1S/C3H2N2O2/c4-3-5-1-2(6)7-3/h1,4H. The van der Waals surface area contributed by atoms with Crippen molar-refractivity contribution >= 4 is 18.2 Å². The third-order valence-electron chi connectivity index (χ3n) is 0.484. The number of esters is 1. The van der Waals surface area contributed by atoms with E-state index in [-0.39, 0.29) is 6.02 Å². The molecule has 0 atom stereocenters. The third-order valence-corrected chi connectivity index (χ3v) is 0.484. The molecule has 0 bridgehead atoms. The first kappa shape index (κ1) is 3.98. The maximum absolute atomic E-state index is 9.94. The molecule has 1 heterocycles. The van der Waals surface area contributed by atoms with E-state index in [4.69, 9.17) is 5.41 Å². The second-order valence-electron chi connectivity index (χ2n) is 0.984. The van der Waals surface area contributed by atoms with Gasteiger partial charge in [-0.2, -0.15) is 4.99 Å². The van der Waals surface area contributed by atoms with Gasteiger partial charge < -0.3 is 4.74 Å². The summed E-state index contributed by atoms with van der Waals surface area (Å²) in [6, 6.07) is -0.329. The molecule has 0 fully saturated rings. The van der Waals surface area contributed by atoms with Gasteiger partial charge in [0.05, 0.1) is 0 Å². The van der Waals surface area contributed by atoms with Gasteiger partial charge in [0, 0.05) is 0 Å². The number of rotatable bonds is 0. The Morgan fingerprint density at radius 1 is 1.86 bits per heavy atom. The Kier molecular flexibility index (Phi) is 0.651. The molecule has 4 nitrogen and oxygen atoms in total. The van der Waals surface area contributed by atoms with Gasteiger partial charge in [0.1, 0.15) is 6.21 Å². The average molecular weight is 98.1 g/mol. The van der Waals surface area contributed by atoms with Crippen LogP contribution in [-0.4, -0.2) is 18.2 Å². The Labute approximate surface area is 39.3 Å². The van der Waals surface area contributed by atoms with E-state index in [2.05, 4.69) is 9.73 Å². The van der Waals surface area contributed by atoms with E-state index in [0.717, 1.165) is 6.21 Å². The molecule has 7 heavy (non-hydrogen) atoms. The first-order valence-corrected chi connectivity index (χ1v) is 1.63. The molecule has 0 spiro atoms. The highest BCUT2D eigenvalue weighted by Crippen LogP contribution is 1.87. The minimum absolute atomic E-state index is 0.329. The summed E-state index contributed by atoms with van der Waals surface area (Å²) in [7, 11) is 0. The van der Waals surface area contributed by atoms with E-state index < -0.39 is 5.97 Å². The summed E-state index contributed by atoms with van der Waals surface area (Å²) in [5, 5.41) is 6.54. The zero-order chi connectivity index (χ0) is 5.28. The van der Waals surface area contributed by atoms with E-state index in [1.165, 1.54) is 0 Å². The lowest BCUT2D eigenvalue weighted by molar-refractivity contribution is -0.126. The average Bonchev–Trinajstić information content (AvgIpc) is 1.87. The second kappa shape index (κ2) is 1.14. The minimum Gasteiger partial charge on any atom is -0.387 e. The highest BCUT2D eigenvalue weighted by atomic mass is 16.6. The molecular formula is C3H2N2O2. The summed E-state index contributed by atoms with van der Waals surface area (Å²) in [4.78, 5) is 13.1. The molecule has 4 heteroatoms. The molecule has 0 saturated heterocycles. The molecular weight excluding hydrogens is 96.0 g/mol. The molecule has 0 aliphatic carbocycles. The quantitative estimate of drug-likeness (QED) is 0.417. The number of hydrogen-bond donors (Lipinski definition) is 1. The molecule has 0 radical (unpaired) electrons. The topological polar surface area (TPSA) is 62.5 Å². The zero-order valence-electron chi connectivity index (χ0n) is 3.34. The van der Waals surface area contributed by atoms with Crippen LogP contribution in [0.5, 0.6) is 0 Å². The van der Waals surface area contributed by atoms with Crippen LogP contribution in [-0.2, 0) is 9.53 Å². The predicted molar refractivity (Wildman–Crippen MR) is 22.3 cm³/mol. The van der Waals surface area contributed by atoms with Crippen LogP contribution in [0.2, 0.25) is 0 Å². The largest absolute Gasteiger partial charge is 0.387 e. The van der Waals surface area contributed by atoms with Gasteiger partial charge >= 0.3 is 12.0 Å². The summed E-state index contributed by atoms with van der Waals surface area (Å²) < 4.78 is 4.08. The lowest BCUT2D eigenvalue weighted by Gasteiger charge is -1.81. The molecule has 0 aromatic carbocycles. The van der Waals surface area contributed by atoms with Crippen molar-refractivity contribution in [3.63, 3.8) is 0 Å².